The Labute approximate surface area is 142 Å². The number of halogens is 2. The topological polar surface area (TPSA) is 15.3 Å². The van der Waals surface area contributed by atoms with Gasteiger partial charge in [-0.1, -0.05) is 47.4 Å². The molecular weight excluding hydrogens is 348 g/mol. The first-order valence-corrected chi connectivity index (χ1v) is 8.93. The van der Waals surface area contributed by atoms with Gasteiger partial charge < -0.3 is 5.32 Å². The fourth-order valence-corrected chi connectivity index (χ4v) is 3.98. The quantitative estimate of drug-likeness (QED) is 0.812. The monoisotopic (exact) mass is 372 g/mol. The first-order chi connectivity index (χ1) is 9.82. The molecule has 0 spiro atoms. The van der Waals surface area contributed by atoms with Crippen LogP contribution in [-0.4, -0.2) is 29.1 Å². The predicted octanol–water partition coefficient (Wildman–Crippen LogP) is 4.85. The van der Waals surface area contributed by atoms with E-state index in [-0.39, 0.29) is 11.1 Å². The molecule has 0 atom stereocenters. The van der Waals surface area contributed by atoms with Crippen LogP contribution < -0.4 is 5.32 Å². The molecule has 0 bridgehead atoms. The van der Waals surface area contributed by atoms with Gasteiger partial charge in [0.2, 0.25) is 0 Å². The van der Waals surface area contributed by atoms with Crippen LogP contribution in [0, 0.1) is 0 Å². The third-order valence-electron chi connectivity index (χ3n) is 4.85. The molecule has 1 fully saturated rings. The summed E-state index contributed by atoms with van der Waals surface area (Å²) in [5.41, 5.74) is 1.59. The number of hydrogen-bond acceptors (Lipinski definition) is 2. The van der Waals surface area contributed by atoms with E-state index < -0.39 is 0 Å². The summed E-state index contributed by atoms with van der Waals surface area (Å²) >= 11 is 9.91. The molecule has 0 radical (unpaired) electrons. The second kappa shape index (κ2) is 6.57. The summed E-state index contributed by atoms with van der Waals surface area (Å²) in [6, 6.07) is 6.20. The summed E-state index contributed by atoms with van der Waals surface area (Å²) in [7, 11) is 0. The maximum atomic E-state index is 6.43. The highest BCUT2D eigenvalue weighted by Crippen LogP contribution is 2.33. The Hall–Kier alpha value is -0.0900. The number of benzene rings is 1. The largest absolute Gasteiger partial charge is 0.309 e. The first-order valence-electron chi connectivity index (χ1n) is 7.76. The molecule has 1 N–H and O–H groups in total. The molecule has 4 heteroatoms. The van der Waals surface area contributed by atoms with Crippen LogP contribution in [0.5, 0.6) is 0 Å². The minimum Gasteiger partial charge on any atom is -0.309 e. The van der Waals surface area contributed by atoms with E-state index in [1.165, 1.54) is 5.56 Å². The van der Waals surface area contributed by atoms with E-state index in [0.29, 0.717) is 0 Å². The molecule has 0 aromatic heterocycles. The number of nitrogens with zero attached hydrogens (tertiary/aromatic N) is 1. The van der Waals surface area contributed by atoms with Crippen molar-refractivity contribution >= 4 is 27.5 Å². The van der Waals surface area contributed by atoms with Crippen molar-refractivity contribution in [2.24, 2.45) is 0 Å². The first kappa shape index (κ1) is 17.3. The minimum atomic E-state index is 0.148. The van der Waals surface area contributed by atoms with E-state index in [2.05, 4.69) is 66.0 Å². The summed E-state index contributed by atoms with van der Waals surface area (Å²) in [4.78, 5) is 2.62. The van der Waals surface area contributed by atoms with Crippen LogP contribution in [-0.2, 0) is 6.54 Å². The Balaban J connectivity index is 2.27. The Morgan fingerprint density at radius 2 is 1.95 bits per heavy atom. The van der Waals surface area contributed by atoms with E-state index >= 15 is 0 Å². The lowest BCUT2D eigenvalue weighted by Gasteiger charge is -2.52. The zero-order valence-electron chi connectivity index (χ0n) is 13.5. The molecule has 1 aliphatic heterocycles. The van der Waals surface area contributed by atoms with Gasteiger partial charge in [-0.15, -0.1) is 0 Å². The summed E-state index contributed by atoms with van der Waals surface area (Å²) in [5, 5.41) is 4.56. The lowest BCUT2D eigenvalue weighted by atomic mass is 9.84. The number of piperazine rings is 1. The van der Waals surface area contributed by atoms with Gasteiger partial charge in [0.15, 0.2) is 0 Å². The molecule has 118 valence electrons. The van der Waals surface area contributed by atoms with Gasteiger partial charge in [-0.05, 0) is 44.4 Å². The van der Waals surface area contributed by atoms with Crippen LogP contribution >= 0.6 is 27.5 Å². The van der Waals surface area contributed by atoms with Crippen LogP contribution in [0.1, 0.15) is 46.1 Å². The summed E-state index contributed by atoms with van der Waals surface area (Å²) in [6.07, 6.45) is 2.31. The smallest absolute Gasteiger partial charge is 0.0462 e. The van der Waals surface area contributed by atoms with Gasteiger partial charge in [-0.25, -0.2) is 0 Å². The SMILES string of the molecule is CCC1(CC)CNC(C)(C)CN1Cc1ccc(Br)cc1Cl. The molecule has 1 aromatic rings. The van der Waals surface area contributed by atoms with Crippen LogP contribution in [0.25, 0.3) is 0 Å². The summed E-state index contributed by atoms with van der Waals surface area (Å²) in [5.74, 6) is 0. The van der Waals surface area contributed by atoms with Crippen molar-refractivity contribution in [3.05, 3.63) is 33.3 Å². The summed E-state index contributed by atoms with van der Waals surface area (Å²) in [6.45, 7) is 12.1. The molecule has 0 amide bonds. The highest BCUT2D eigenvalue weighted by Gasteiger charge is 2.41. The van der Waals surface area contributed by atoms with Crippen molar-refractivity contribution in [2.45, 2.75) is 58.2 Å². The summed E-state index contributed by atoms with van der Waals surface area (Å²) < 4.78 is 1.04. The fraction of sp³-hybridized carbons (Fsp3) is 0.647. The van der Waals surface area contributed by atoms with Crippen molar-refractivity contribution in [1.29, 1.82) is 0 Å². The van der Waals surface area contributed by atoms with Gasteiger partial charge in [0.05, 0.1) is 0 Å². The molecule has 2 rings (SSSR count). The maximum Gasteiger partial charge on any atom is 0.0462 e. The van der Waals surface area contributed by atoms with Gasteiger partial charge >= 0.3 is 0 Å². The molecule has 1 heterocycles. The molecule has 1 aliphatic rings. The molecule has 21 heavy (non-hydrogen) atoms. The lowest BCUT2D eigenvalue weighted by molar-refractivity contribution is 0.00235. The number of rotatable bonds is 4. The van der Waals surface area contributed by atoms with Crippen molar-refractivity contribution < 1.29 is 0 Å². The molecule has 2 nitrogen and oxygen atoms in total. The average Bonchev–Trinajstić information content (AvgIpc) is 2.42. The molecule has 0 unspecified atom stereocenters. The normalized spacial score (nSPS) is 21.4. The van der Waals surface area contributed by atoms with Crippen LogP contribution in [0.4, 0.5) is 0 Å². The van der Waals surface area contributed by atoms with Gasteiger partial charge in [0.25, 0.3) is 0 Å². The van der Waals surface area contributed by atoms with E-state index in [4.69, 9.17) is 11.6 Å². The number of hydrogen-bond donors (Lipinski definition) is 1. The molecule has 0 saturated carbocycles. The second-order valence-electron chi connectivity index (χ2n) is 6.76. The Morgan fingerprint density at radius 3 is 2.52 bits per heavy atom. The Kier molecular flexibility index (Phi) is 5.40. The van der Waals surface area contributed by atoms with Crippen molar-refractivity contribution in [3.63, 3.8) is 0 Å². The molecular formula is C17H26BrClN2. The standard InChI is InChI=1S/C17H26BrClN2/c1-5-17(6-2)11-20-16(3,4)12-21(17)10-13-7-8-14(18)9-15(13)19/h7-9,20H,5-6,10-12H2,1-4H3. The van der Waals surface area contributed by atoms with Gasteiger partial charge in [0.1, 0.15) is 0 Å². The highest BCUT2D eigenvalue weighted by molar-refractivity contribution is 9.10. The zero-order valence-corrected chi connectivity index (χ0v) is 15.8. The maximum absolute atomic E-state index is 6.43. The lowest BCUT2D eigenvalue weighted by Crippen LogP contribution is -2.67. The molecule has 1 aromatic carbocycles. The molecule has 0 aliphatic carbocycles. The van der Waals surface area contributed by atoms with E-state index in [1.807, 2.05) is 6.07 Å². The van der Waals surface area contributed by atoms with Crippen LogP contribution in [0.3, 0.4) is 0 Å². The predicted molar refractivity (Wildman–Crippen MR) is 95.0 cm³/mol. The van der Waals surface area contributed by atoms with Gasteiger partial charge in [-0.2, -0.15) is 0 Å². The third-order valence-corrected chi connectivity index (χ3v) is 5.69. The number of nitrogens with one attached hydrogen (secondary N) is 1. The van der Waals surface area contributed by atoms with Crippen molar-refractivity contribution in [3.8, 4) is 0 Å². The zero-order chi connectivity index (χ0) is 15.7. The highest BCUT2D eigenvalue weighted by atomic mass is 79.9. The van der Waals surface area contributed by atoms with E-state index in [0.717, 1.165) is 42.0 Å². The Morgan fingerprint density at radius 1 is 1.29 bits per heavy atom. The van der Waals surface area contributed by atoms with Crippen molar-refractivity contribution in [1.82, 2.24) is 10.2 Å². The fourth-order valence-electron chi connectivity index (χ4n) is 3.24. The van der Waals surface area contributed by atoms with E-state index in [1.54, 1.807) is 0 Å². The van der Waals surface area contributed by atoms with Crippen LogP contribution in [0.15, 0.2) is 22.7 Å². The van der Waals surface area contributed by atoms with Crippen molar-refractivity contribution in [2.75, 3.05) is 13.1 Å². The molecule has 1 saturated heterocycles. The van der Waals surface area contributed by atoms with Gasteiger partial charge in [-0.3, -0.25) is 4.90 Å². The Bertz CT molecular complexity index is 498. The van der Waals surface area contributed by atoms with E-state index in [9.17, 15) is 0 Å². The third kappa shape index (κ3) is 3.82. The van der Waals surface area contributed by atoms with Crippen LogP contribution in [0.2, 0.25) is 5.02 Å². The van der Waals surface area contributed by atoms with Gasteiger partial charge in [0, 0.05) is 40.2 Å². The average molecular weight is 374 g/mol. The second-order valence-corrected chi connectivity index (χ2v) is 8.08. The minimum absolute atomic E-state index is 0.148.